The molecule has 0 N–H and O–H groups in total. The lowest BCUT2D eigenvalue weighted by Crippen LogP contribution is -2.19. The van der Waals surface area contributed by atoms with Gasteiger partial charge in [-0.25, -0.2) is 0 Å². The Morgan fingerprint density at radius 1 is 1.12 bits per heavy atom. The normalized spacial score (nSPS) is 15.1. The number of hydrogen-bond donors (Lipinski definition) is 0. The summed E-state index contributed by atoms with van der Waals surface area (Å²) >= 11 is 2.39. The molecule has 0 aliphatic heterocycles. The highest BCUT2D eigenvalue weighted by Gasteiger charge is 2.16. The molecule has 0 amide bonds. The molecule has 2 heteroatoms. The van der Waals surface area contributed by atoms with Crippen molar-refractivity contribution < 1.29 is 4.74 Å². The first-order valence-electron chi connectivity index (χ1n) is 5.82. The van der Waals surface area contributed by atoms with Gasteiger partial charge in [0.2, 0.25) is 0 Å². The molecule has 90 valence electrons. The molecule has 1 aromatic rings. The average molecular weight is 332 g/mol. The van der Waals surface area contributed by atoms with Crippen LogP contribution in [0.25, 0.3) is 0 Å². The van der Waals surface area contributed by atoms with Crippen molar-refractivity contribution in [1.82, 2.24) is 0 Å². The maximum Gasteiger partial charge on any atom is 0.0918 e. The van der Waals surface area contributed by atoms with Gasteiger partial charge >= 0.3 is 0 Å². The highest BCUT2D eigenvalue weighted by Crippen LogP contribution is 2.24. The minimum atomic E-state index is 0.221. The maximum absolute atomic E-state index is 6.08. The number of halogens is 1. The predicted molar refractivity (Wildman–Crippen MR) is 78.2 cm³/mol. The van der Waals surface area contributed by atoms with E-state index in [9.17, 15) is 0 Å². The van der Waals surface area contributed by atoms with Crippen LogP contribution in [-0.2, 0) is 4.74 Å². The summed E-state index contributed by atoms with van der Waals surface area (Å²) in [5.74, 6) is 0.566. The van der Waals surface area contributed by atoms with E-state index in [-0.39, 0.29) is 6.10 Å². The molecule has 0 saturated carbocycles. The van der Waals surface area contributed by atoms with Crippen molar-refractivity contribution in [3.63, 3.8) is 0 Å². The van der Waals surface area contributed by atoms with E-state index < -0.39 is 0 Å². The molecule has 2 unspecified atom stereocenters. The van der Waals surface area contributed by atoms with Crippen molar-refractivity contribution in [3.05, 3.63) is 35.4 Å². The summed E-state index contributed by atoms with van der Waals surface area (Å²) in [5.41, 5.74) is 2.58. The molecular formula is C14H21IO. The summed E-state index contributed by atoms with van der Waals surface area (Å²) in [5, 5.41) is 0. The van der Waals surface area contributed by atoms with Crippen LogP contribution < -0.4 is 0 Å². The van der Waals surface area contributed by atoms with E-state index >= 15 is 0 Å². The number of alkyl halides is 1. The minimum Gasteiger partial charge on any atom is -0.370 e. The van der Waals surface area contributed by atoms with Gasteiger partial charge in [0.25, 0.3) is 0 Å². The van der Waals surface area contributed by atoms with Crippen molar-refractivity contribution in [3.8, 4) is 0 Å². The Bertz CT molecular complexity index is 305. The molecular weight excluding hydrogens is 311 g/mol. The Labute approximate surface area is 113 Å². The summed E-state index contributed by atoms with van der Waals surface area (Å²) in [6, 6.07) is 8.65. The first-order valence-corrected chi connectivity index (χ1v) is 7.35. The standard InChI is InChI=1S/C14H21IO/c1-10(2)12(4)16-14(9-15)13-7-5-11(3)6-8-13/h5-8,10,12,14H,9H2,1-4H3. The van der Waals surface area contributed by atoms with Crippen LogP contribution >= 0.6 is 22.6 Å². The lowest BCUT2D eigenvalue weighted by Gasteiger charge is -2.23. The maximum atomic E-state index is 6.08. The van der Waals surface area contributed by atoms with Gasteiger partial charge in [-0.3, -0.25) is 0 Å². The zero-order chi connectivity index (χ0) is 12.1. The second-order valence-electron chi connectivity index (χ2n) is 4.64. The summed E-state index contributed by atoms with van der Waals surface area (Å²) in [4.78, 5) is 0. The largest absolute Gasteiger partial charge is 0.370 e. The fourth-order valence-electron chi connectivity index (χ4n) is 1.40. The van der Waals surface area contributed by atoms with Gasteiger partial charge in [0, 0.05) is 4.43 Å². The third-order valence-electron chi connectivity index (χ3n) is 2.91. The van der Waals surface area contributed by atoms with Crippen LogP contribution in [0.15, 0.2) is 24.3 Å². The van der Waals surface area contributed by atoms with Gasteiger partial charge < -0.3 is 4.74 Å². The molecule has 0 aliphatic rings. The van der Waals surface area contributed by atoms with Gasteiger partial charge in [0.1, 0.15) is 0 Å². The van der Waals surface area contributed by atoms with Crippen molar-refractivity contribution in [2.24, 2.45) is 5.92 Å². The number of rotatable bonds is 5. The number of aryl methyl sites for hydroxylation is 1. The zero-order valence-corrected chi connectivity index (χ0v) is 12.7. The van der Waals surface area contributed by atoms with Crippen LogP contribution in [0.5, 0.6) is 0 Å². The SMILES string of the molecule is Cc1ccc(C(CI)OC(C)C(C)C)cc1. The lowest BCUT2D eigenvalue weighted by molar-refractivity contribution is -0.0133. The van der Waals surface area contributed by atoms with Crippen LogP contribution in [0.2, 0.25) is 0 Å². The second kappa shape index (κ2) is 6.60. The van der Waals surface area contributed by atoms with Crippen LogP contribution in [0.3, 0.4) is 0 Å². The Kier molecular flexibility index (Phi) is 5.76. The molecule has 16 heavy (non-hydrogen) atoms. The third-order valence-corrected chi connectivity index (χ3v) is 3.71. The first-order chi connectivity index (χ1) is 7.54. The Morgan fingerprint density at radius 2 is 1.69 bits per heavy atom. The highest BCUT2D eigenvalue weighted by molar-refractivity contribution is 14.1. The van der Waals surface area contributed by atoms with E-state index in [0.717, 1.165) is 4.43 Å². The summed E-state index contributed by atoms with van der Waals surface area (Å²) in [6.45, 7) is 8.66. The summed E-state index contributed by atoms with van der Waals surface area (Å²) < 4.78 is 7.08. The molecule has 1 rings (SSSR count). The second-order valence-corrected chi connectivity index (χ2v) is 5.52. The van der Waals surface area contributed by atoms with Crippen LogP contribution in [0, 0.1) is 12.8 Å². The van der Waals surface area contributed by atoms with Crippen LogP contribution in [0.1, 0.15) is 38.0 Å². The van der Waals surface area contributed by atoms with Gasteiger partial charge in [0.05, 0.1) is 12.2 Å². The Hall–Kier alpha value is -0.0900. The third kappa shape index (κ3) is 4.06. The average Bonchev–Trinajstić information content (AvgIpc) is 2.26. The van der Waals surface area contributed by atoms with E-state index in [1.54, 1.807) is 0 Å². The van der Waals surface area contributed by atoms with Gasteiger partial charge in [-0.05, 0) is 25.3 Å². The van der Waals surface area contributed by atoms with E-state index in [2.05, 4.69) is 74.6 Å². The topological polar surface area (TPSA) is 9.23 Å². The zero-order valence-electron chi connectivity index (χ0n) is 10.5. The molecule has 1 nitrogen and oxygen atoms in total. The van der Waals surface area contributed by atoms with Crippen molar-refractivity contribution in [1.29, 1.82) is 0 Å². The molecule has 1 aromatic carbocycles. The molecule has 0 aliphatic carbocycles. The van der Waals surface area contributed by atoms with E-state index in [0.29, 0.717) is 12.0 Å². The molecule has 0 fully saturated rings. The smallest absolute Gasteiger partial charge is 0.0918 e. The molecule has 0 heterocycles. The van der Waals surface area contributed by atoms with Gasteiger partial charge in [-0.2, -0.15) is 0 Å². The Morgan fingerprint density at radius 3 is 2.12 bits per heavy atom. The molecule has 2 atom stereocenters. The first kappa shape index (κ1) is 14.0. The molecule has 0 spiro atoms. The van der Waals surface area contributed by atoms with E-state index in [4.69, 9.17) is 4.74 Å². The summed E-state index contributed by atoms with van der Waals surface area (Å²) in [7, 11) is 0. The fraction of sp³-hybridized carbons (Fsp3) is 0.571. The van der Waals surface area contributed by atoms with Crippen molar-refractivity contribution in [2.75, 3.05) is 4.43 Å². The van der Waals surface area contributed by atoms with E-state index in [1.807, 2.05) is 0 Å². The molecule has 0 aromatic heterocycles. The Balaban J connectivity index is 2.70. The van der Waals surface area contributed by atoms with Gasteiger partial charge in [0.15, 0.2) is 0 Å². The predicted octanol–water partition coefficient (Wildman–Crippen LogP) is 4.53. The van der Waals surface area contributed by atoms with Crippen LogP contribution in [0.4, 0.5) is 0 Å². The summed E-state index contributed by atoms with van der Waals surface area (Å²) in [6.07, 6.45) is 0.527. The van der Waals surface area contributed by atoms with Crippen molar-refractivity contribution >= 4 is 22.6 Å². The van der Waals surface area contributed by atoms with E-state index in [1.165, 1.54) is 11.1 Å². The monoisotopic (exact) mass is 332 g/mol. The number of hydrogen-bond acceptors (Lipinski definition) is 1. The fourth-order valence-corrected chi connectivity index (χ4v) is 2.12. The van der Waals surface area contributed by atoms with Crippen LogP contribution in [-0.4, -0.2) is 10.5 Å². The quantitative estimate of drug-likeness (QED) is 0.568. The van der Waals surface area contributed by atoms with Gasteiger partial charge in [-0.15, -0.1) is 0 Å². The lowest BCUT2D eigenvalue weighted by atomic mass is 10.1. The van der Waals surface area contributed by atoms with Gasteiger partial charge in [-0.1, -0.05) is 66.3 Å². The number of ether oxygens (including phenoxy) is 1. The van der Waals surface area contributed by atoms with Crippen molar-refractivity contribution in [2.45, 2.75) is 39.9 Å². The molecule has 0 saturated heterocycles. The number of benzene rings is 1. The highest BCUT2D eigenvalue weighted by atomic mass is 127. The molecule has 0 radical (unpaired) electrons. The molecule has 0 bridgehead atoms. The minimum absolute atomic E-state index is 0.221.